The van der Waals surface area contributed by atoms with Crippen LogP contribution in [-0.2, 0) is 14.3 Å². The highest BCUT2D eigenvalue weighted by atomic mass is 16.5. The van der Waals surface area contributed by atoms with E-state index in [2.05, 4.69) is 0 Å². The van der Waals surface area contributed by atoms with Crippen LogP contribution in [0.3, 0.4) is 0 Å². The number of carbonyl (C=O) groups excluding carboxylic acids is 1. The van der Waals surface area contributed by atoms with E-state index >= 15 is 0 Å². The fourth-order valence-electron chi connectivity index (χ4n) is 2.15. The number of ether oxygens (including phenoxy) is 1. The Morgan fingerprint density at radius 2 is 1.52 bits per heavy atom. The van der Waals surface area contributed by atoms with Gasteiger partial charge >= 0.3 is 11.9 Å². The average Bonchev–Trinajstić information content (AvgIpc) is 2.44. The molecule has 124 valence electrons. The Labute approximate surface area is 128 Å². The van der Waals surface area contributed by atoms with Crippen molar-refractivity contribution in [1.82, 2.24) is 0 Å². The number of carboxylic acid groups (broad SMARTS) is 1. The van der Waals surface area contributed by atoms with E-state index in [-0.39, 0.29) is 12.4 Å². The maximum absolute atomic E-state index is 11.4. The van der Waals surface area contributed by atoms with Crippen LogP contribution in [0.5, 0.6) is 0 Å². The lowest BCUT2D eigenvalue weighted by atomic mass is 10.1. The molecule has 0 aliphatic rings. The zero-order valence-corrected chi connectivity index (χ0v) is 13.3. The summed E-state index contributed by atoms with van der Waals surface area (Å²) in [6.45, 7) is 2.46. The Balaban J connectivity index is 3.22. The van der Waals surface area contributed by atoms with Gasteiger partial charge in [0.1, 0.15) is 6.04 Å². The van der Waals surface area contributed by atoms with Crippen LogP contribution >= 0.6 is 0 Å². The third-order valence-corrected chi connectivity index (χ3v) is 3.43. The van der Waals surface area contributed by atoms with E-state index in [4.69, 9.17) is 15.6 Å². The molecule has 0 radical (unpaired) electrons. The lowest BCUT2D eigenvalue weighted by molar-refractivity contribution is -0.145. The molecule has 0 heterocycles. The smallest absolute Gasteiger partial charge is 0.322 e. The molecule has 21 heavy (non-hydrogen) atoms. The molecule has 0 aliphatic heterocycles. The minimum absolute atomic E-state index is 0.282. The van der Waals surface area contributed by atoms with Gasteiger partial charge in [-0.1, -0.05) is 51.9 Å². The summed E-state index contributed by atoms with van der Waals surface area (Å²) in [5.74, 6) is -0.988. The Hall–Kier alpha value is -1.10. The maximum atomic E-state index is 11.4. The summed E-state index contributed by atoms with van der Waals surface area (Å²) < 4.78 is 5.12. The second kappa shape index (κ2) is 13.9. The van der Waals surface area contributed by atoms with E-state index in [9.17, 15) is 9.59 Å². The predicted molar refractivity (Wildman–Crippen MR) is 83.0 cm³/mol. The predicted octanol–water partition coefficient (Wildman–Crippen LogP) is 3.25. The maximum Gasteiger partial charge on any atom is 0.322 e. The van der Waals surface area contributed by atoms with Gasteiger partial charge in [-0.2, -0.15) is 0 Å². The van der Waals surface area contributed by atoms with Crippen LogP contribution in [0.2, 0.25) is 0 Å². The molecule has 0 aromatic heterocycles. The van der Waals surface area contributed by atoms with Crippen LogP contribution in [0, 0.1) is 0 Å². The highest BCUT2D eigenvalue weighted by molar-refractivity contribution is 5.75. The topological polar surface area (TPSA) is 89.6 Å². The number of hydrogen-bond donors (Lipinski definition) is 2. The zero-order valence-electron chi connectivity index (χ0n) is 13.3. The van der Waals surface area contributed by atoms with E-state index in [0.29, 0.717) is 13.0 Å². The van der Waals surface area contributed by atoms with Gasteiger partial charge in [0.15, 0.2) is 0 Å². The molecule has 3 N–H and O–H groups in total. The second-order valence-corrected chi connectivity index (χ2v) is 5.53. The van der Waals surface area contributed by atoms with Crippen LogP contribution in [0.4, 0.5) is 0 Å². The van der Waals surface area contributed by atoms with E-state index in [1.165, 1.54) is 0 Å². The number of nitrogens with two attached hydrogens (primary N) is 1. The third-order valence-electron chi connectivity index (χ3n) is 3.43. The molecule has 5 heteroatoms. The largest absolute Gasteiger partial charge is 0.481 e. The Bertz CT molecular complexity index is 281. The molecule has 5 nitrogen and oxygen atoms in total. The summed E-state index contributed by atoms with van der Waals surface area (Å²) in [7, 11) is 0. The molecule has 0 saturated carbocycles. The van der Waals surface area contributed by atoms with Crippen LogP contribution < -0.4 is 5.73 Å². The summed E-state index contributed by atoms with van der Waals surface area (Å²) in [6, 6.07) is -0.471. The Morgan fingerprint density at radius 1 is 1.00 bits per heavy atom. The summed E-state index contributed by atoms with van der Waals surface area (Å²) >= 11 is 0. The molecule has 0 aliphatic carbocycles. The summed E-state index contributed by atoms with van der Waals surface area (Å²) in [5, 5.41) is 8.50. The number of unbranched alkanes of at least 4 members (excludes halogenated alkanes) is 7. The molecule has 0 unspecified atom stereocenters. The van der Waals surface area contributed by atoms with Gasteiger partial charge in [0.25, 0.3) is 0 Å². The molecular formula is C16H31NO4. The average molecular weight is 301 g/mol. The van der Waals surface area contributed by atoms with Gasteiger partial charge in [-0.05, 0) is 19.3 Å². The van der Waals surface area contributed by atoms with E-state index in [1.54, 1.807) is 0 Å². The van der Waals surface area contributed by atoms with E-state index < -0.39 is 12.0 Å². The molecule has 0 aromatic rings. The van der Waals surface area contributed by atoms with Gasteiger partial charge in [0.2, 0.25) is 0 Å². The molecule has 0 fully saturated rings. The molecule has 0 rings (SSSR count). The quantitative estimate of drug-likeness (QED) is 0.380. The fourth-order valence-corrected chi connectivity index (χ4v) is 2.15. The standard InChI is InChI=1S/C16H31NO4/c1-2-11-14(17)16(20)21-13-10-8-6-4-3-5-7-9-12-15(18)19/h14H,2-13,17H2,1H3,(H,18,19)/t14-/m0/s1. The normalized spacial score (nSPS) is 12.1. The first-order valence-corrected chi connectivity index (χ1v) is 8.22. The van der Waals surface area contributed by atoms with Crippen LogP contribution in [0.1, 0.15) is 77.6 Å². The second-order valence-electron chi connectivity index (χ2n) is 5.53. The third kappa shape index (κ3) is 13.6. The van der Waals surface area contributed by atoms with Crippen molar-refractivity contribution in [2.45, 2.75) is 83.6 Å². The van der Waals surface area contributed by atoms with Crippen molar-refractivity contribution in [3.63, 3.8) is 0 Å². The molecule has 1 atom stereocenters. The highest BCUT2D eigenvalue weighted by Crippen LogP contribution is 2.10. The van der Waals surface area contributed by atoms with Crippen molar-refractivity contribution in [2.24, 2.45) is 5.73 Å². The molecule has 0 aromatic carbocycles. The molecule has 0 saturated heterocycles. The zero-order chi connectivity index (χ0) is 15.9. The number of esters is 1. The molecule has 0 spiro atoms. The van der Waals surface area contributed by atoms with Gasteiger partial charge in [-0.3, -0.25) is 9.59 Å². The van der Waals surface area contributed by atoms with Crippen LogP contribution in [-0.4, -0.2) is 29.7 Å². The first-order chi connectivity index (χ1) is 10.1. The monoisotopic (exact) mass is 301 g/mol. The fraction of sp³-hybridized carbons (Fsp3) is 0.875. The highest BCUT2D eigenvalue weighted by Gasteiger charge is 2.12. The van der Waals surface area contributed by atoms with Crippen molar-refractivity contribution in [3.8, 4) is 0 Å². The first-order valence-electron chi connectivity index (χ1n) is 8.22. The lowest BCUT2D eigenvalue weighted by Crippen LogP contribution is -2.32. The number of carbonyl (C=O) groups is 2. The SMILES string of the molecule is CCC[C@H](N)C(=O)OCCCCCCCCCCC(=O)O. The number of aliphatic carboxylic acids is 1. The van der Waals surface area contributed by atoms with Gasteiger partial charge < -0.3 is 15.6 Å². The minimum Gasteiger partial charge on any atom is -0.481 e. The van der Waals surface area contributed by atoms with Crippen molar-refractivity contribution in [1.29, 1.82) is 0 Å². The van der Waals surface area contributed by atoms with Gasteiger partial charge in [-0.15, -0.1) is 0 Å². The van der Waals surface area contributed by atoms with Crippen molar-refractivity contribution in [2.75, 3.05) is 6.61 Å². The number of rotatable bonds is 14. The van der Waals surface area contributed by atoms with Crippen LogP contribution in [0.25, 0.3) is 0 Å². The van der Waals surface area contributed by atoms with Crippen molar-refractivity contribution >= 4 is 11.9 Å². The molecule has 0 amide bonds. The van der Waals surface area contributed by atoms with Gasteiger partial charge in [0, 0.05) is 6.42 Å². The Kier molecular flexibility index (Phi) is 13.1. The lowest BCUT2D eigenvalue weighted by Gasteiger charge is -2.10. The van der Waals surface area contributed by atoms with Crippen molar-refractivity contribution < 1.29 is 19.4 Å². The first kappa shape index (κ1) is 19.9. The summed E-state index contributed by atoms with van der Waals surface area (Å²) in [5.41, 5.74) is 5.66. The molecule has 0 bridgehead atoms. The number of hydrogen-bond acceptors (Lipinski definition) is 4. The Morgan fingerprint density at radius 3 is 2.05 bits per heavy atom. The number of carboxylic acids is 1. The van der Waals surface area contributed by atoms with Gasteiger partial charge in [0.05, 0.1) is 6.61 Å². The van der Waals surface area contributed by atoms with Crippen molar-refractivity contribution in [3.05, 3.63) is 0 Å². The minimum atomic E-state index is -0.705. The van der Waals surface area contributed by atoms with E-state index in [0.717, 1.165) is 57.8 Å². The van der Waals surface area contributed by atoms with Crippen LogP contribution in [0.15, 0.2) is 0 Å². The molecular weight excluding hydrogens is 270 g/mol. The summed E-state index contributed by atoms with van der Waals surface area (Å²) in [4.78, 5) is 21.7. The summed E-state index contributed by atoms with van der Waals surface area (Å²) in [6.07, 6.45) is 10.1. The van der Waals surface area contributed by atoms with E-state index in [1.807, 2.05) is 6.92 Å². The van der Waals surface area contributed by atoms with Gasteiger partial charge in [-0.25, -0.2) is 0 Å².